The molecule has 5 unspecified atom stereocenters. The summed E-state index contributed by atoms with van der Waals surface area (Å²) >= 11 is 0. The fourth-order valence-corrected chi connectivity index (χ4v) is 4.78. The van der Waals surface area contributed by atoms with Gasteiger partial charge >= 0.3 is 0 Å². The van der Waals surface area contributed by atoms with Crippen molar-refractivity contribution >= 4 is 0 Å². The zero-order chi connectivity index (χ0) is 11.3. The molecule has 0 aliphatic heterocycles. The lowest BCUT2D eigenvalue weighted by Gasteiger charge is -2.37. The summed E-state index contributed by atoms with van der Waals surface area (Å²) in [4.78, 5) is 0. The molecule has 92 valence electrons. The van der Waals surface area contributed by atoms with Crippen LogP contribution in [0.3, 0.4) is 0 Å². The number of hydrogen-bond donors (Lipinski definition) is 1. The van der Waals surface area contributed by atoms with Crippen LogP contribution in [-0.4, -0.2) is 6.04 Å². The molecule has 0 radical (unpaired) electrons. The van der Waals surface area contributed by atoms with E-state index < -0.39 is 0 Å². The Kier molecular flexibility index (Phi) is 2.78. The van der Waals surface area contributed by atoms with Gasteiger partial charge in [0.05, 0.1) is 0 Å². The summed E-state index contributed by atoms with van der Waals surface area (Å²) in [5, 5.41) is 0. The molecule has 3 aliphatic rings. The zero-order valence-electron chi connectivity index (χ0n) is 10.9. The Morgan fingerprint density at radius 1 is 0.750 bits per heavy atom. The van der Waals surface area contributed by atoms with E-state index in [0.29, 0.717) is 6.04 Å². The fourth-order valence-electron chi connectivity index (χ4n) is 4.78. The molecule has 0 heterocycles. The zero-order valence-corrected chi connectivity index (χ0v) is 10.9. The molecular formula is C15H27N. The SMILES string of the molecule is CC1CC(C)CC(C(N)C2CC3CC3C2)C1. The normalized spacial score (nSPS) is 53.4. The van der Waals surface area contributed by atoms with E-state index in [2.05, 4.69) is 13.8 Å². The van der Waals surface area contributed by atoms with Crippen LogP contribution < -0.4 is 5.73 Å². The van der Waals surface area contributed by atoms with Gasteiger partial charge in [-0.05, 0) is 74.0 Å². The molecule has 1 nitrogen and oxygen atoms in total. The highest BCUT2D eigenvalue weighted by Crippen LogP contribution is 2.56. The predicted molar refractivity (Wildman–Crippen MR) is 68.0 cm³/mol. The average molecular weight is 221 g/mol. The van der Waals surface area contributed by atoms with E-state index in [1.54, 1.807) is 0 Å². The van der Waals surface area contributed by atoms with Crippen LogP contribution in [0.1, 0.15) is 52.4 Å². The van der Waals surface area contributed by atoms with Gasteiger partial charge in [0.1, 0.15) is 0 Å². The van der Waals surface area contributed by atoms with Gasteiger partial charge < -0.3 is 5.73 Å². The molecule has 2 N–H and O–H groups in total. The van der Waals surface area contributed by atoms with Gasteiger partial charge in [-0.15, -0.1) is 0 Å². The van der Waals surface area contributed by atoms with Gasteiger partial charge in [0.2, 0.25) is 0 Å². The van der Waals surface area contributed by atoms with Gasteiger partial charge in [-0.25, -0.2) is 0 Å². The van der Waals surface area contributed by atoms with Gasteiger partial charge in [0.15, 0.2) is 0 Å². The Hall–Kier alpha value is -0.0400. The van der Waals surface area contributed by atoms with Crippen LogP contribution in [-0.2, 0) is 0 Å². The second-order valence-electron chi connectivity index (χ2n) is 7.24. The van der Waals surface area contributed by atoms with E-state index in [1.165, 1.54) is 38.5 Å². The van der Waals surface area contributed by atoms with Gasteiger partial charge in [-0.1, -0.05) is 13.8 Å². The van der Waals surface area contributed by atoms with Crippen molar-refractivity contribution in [2.24, 2.45) is 41.2 Å². The van der Waals surface area contributed by atoms with E-state index in [0.717, 1.165) is 35.5 Å². The Balaban J connectivity index is 1.58. The first kappa shape index (κ1) is 11.1. The summed E-state index contributed by atoms with van der Waals surface area (Å²) < 4.78 is 0. The maximum absolute atomic E-state index is 6.56. The lowest BCUT2D eigenvalue weighted by molar-refractivity contribution is 0.161. The minimum absolute atomic E-state index is 0.526. The lowest BCUT2D eigenvalue weighted by atomic mass is 9.71. The summed E-state index contributed by atoms with van der Waals surface area (Å²) in [6.45, 7) is 4.84. The number of hydrogen-bond acceptors (Lipinski definition) is 1. The monoisotopic (exact) mass is 221 g/mol. The predicted octanol–water partition coefficient (Wildman–Crippen LogP) is 3.43. The third kappa shape index (κ3) is 2.03. The van der Waals surface area contributed by atoms with Crippen molar-refractivity contribution in [3.63, 3.8) is 0 Å². The third-order valence-electron chi connectivity index (χ3n) is 5.58. The first-order valence-electron chi connectivity index (χ1n) is 7.39. The van der Waals surface area contributed by atoms with Gasteiger partial charge in [-0.3, -0.25) is 0 Å². The average Bonchev–Trinajstić information content (AvgIpc) is 2.83. The largest absolute Gasteiger partial charge is 0.327 e. The molecule has 5 atom stereocenters. The molecule has 0 bridgehead atoms. The topological polar surface area (TPSA) is 26.0 Å². The molecule has 0 saturated heterocycles. The van der Waals surface area contributed by atoms with E-state index in [1.807, 2.05) is 0 Å². The third-order valence-corrected chi connectivity index (χ3v) is 5.58. The van der Waals surface area contributed by atoms with Crippen molar-refractivity contribution in [2.45, 2.75) is 58.4 Å². The van der Waals surface area contributed by atoms with Crippen molar-refractivity contribution in [2.75, 3.05) is 0 Å². The van der Waals surface area contributed by atoms with E-state index in [-0.39, 0.29) is 0 Å². The lowest BCUT2D eigenvalue weighted by Crippen LogP contribution is -2.40. The summed E-state index contributed by atoms with van der Waals surface area (Å²) in [5.41, 5.74) is 6.56. The molecule has 3 saturated carbocycles. The first-order valence-corrected chi connectivity index (χ1v) is 7.39. The van der Waals surface area contributed by atoms with Crippen molar-refractivity contribution in [1.82, 2.24) is 0 Å². The number of nitrogens with two attached hydrogens (primary N) is 1. The van der Waals surface area contributed by atoms with Gasteiger partial charge in [0.25, 0.3) is 0 Å². The highest BCUT2D eigenvalue weighted by atomic mass is 14.7. The Bertz CT molecular complexity index is 242. The van der Waals surface area contributed by atoms with Gasteiger partial charge in [-0.2, -0.15) is 0 Å². The number of rotatable bonds is 2. The summed E-state index contributed by atoms with van der Waals surface area (Å²) in [6, 6.07) is 0.526. The smallest absolute Gasteiger partial charge is 0.00960 e. The highest BCUT2D eigenvalue weighted by Gasteiger charge is 2.48. The van der Waals surface area contributed by atoms with Crippen LogP contribution >= 0.6 is 0 Å². The Morgan fingerprint density at radius 2 is 1.25 bits per heavy atom. The highest BCUT2D eigenvalue weighted by molar-refractivity contribution is 5.00. The quantitative estimate of drug-likeness (QED) is 0.759. The molecule has 3 fully saturated rings. The van der Waals surface area contributed by atoms with Crippen molar-refractivity contribution < 1.29 is 0 Å². The van der Waals surface area contributed by atoms with Crippen LogP contribution in [0, 0.1) is 35.5 Å². The maximum atomic E-state index is 6.56. The molecule has 0 amide bonds. The second-order valence-corrected chi connectivity index (χ2v) is 7.24. The molecule has 1 heteroatoms. The van der Waals surface area contributed by atoms with Crippen LogP contribution in [0.25, 0.3) is 0 Å². The minimum Gasteiger partial charge on any atom is -0.327 e. The second kappa shape index (κ2) is 4.01. The minimum atomic E-state index is 0.526. The molecular weight excluding hydrogens is 194 g/mol. The van der Waals surface area contributed by atoms with E-state index in [9.17, 15) is 0 Å². The summed E-state index contributed by atoms with van der Waals surface area (Å²) in [5.74, 6) is 5.72. The standard InChI is InChI=1S/C15H27N/c1-9-3-10(2)5-13(4-9)15(16)14-7-11-6-12(11)8-14/h9-15H,3-8,16H2,1-2H3. The number of fused-ring (bicyclic) bond motifs is 1. The van der Waals surface area contributed by atoms with Crippen molar-refractivity contribution in [3.8, 4) is 0 Å². The van der Waals surface area contributed by atoms with Crippen LogP contribution in [0.15, 0.2) is 0 Å². The van der Waals surface area contributed by atoms with Crippen LogP contribution in [0.4, 0.5) is 0 Å². The maximum Gasteiger partial charge on any atom is 0.00960 e. The van der Waals surface area contributed by atoms with Crippen LogP contribution in [0.5, 0.6) is 0 Å². The molecule has 0 aromatic carbocycles. The summed E-state index contributed by atoms with van der Waals surface area (Å²) in [7, 11) is 0. The molecule has 3 aliphatic carbocycles. The molecule has 0 spiro atoms. The molecule has 0 aromatic heterocycles. The molecule has 16 heavy (non-hydrogen) atoms. The van der Waals surface area contributed by atoms with Crippen molar-refractivity contribution in [1.29, 1.82) is 0 Å². The van der Waals surface area contributed by atoms with E-state index >= 15 is 0 Å². The molecule has 0 aromatic rings. The Morgan fingerprint density at radius 3 is 1.81 bits per heavy atom. The first-order chi connectivity index (χ1) is 7.63. The summed E-state index contributed by atoms with van der Waals surface area (Å²) in [6.07, 6.45) is 8.69. The van der Waals surface area contributed by atoms with Crippen LogP contribution in [0.2, 0.25) is 0 Å². The molecule has 3 rings (SSSR count). The van der Waals surface area contributed by atoms with E-state index in [4.69, 9.17) is 5.73 Å². The van der Waals surface area contributed by atoms with Gasteiger partial charge in [0, 0.05) is 6.04 Å². The fraction of sp³-hybridized carbons (Fsp3) is 1.00. The van der Waals surface area contributed by atoms with Crippen molar-refractivity contribution in [3.05, 3.63) is 0 Å². The Labute approximate surface area is 100 Å².